The Morgan fingerprint density at radius 2 is 2.12 bits per heavy atom. The summed E-state index contributed by atoms with van der Waals surface area (Å²) in [4.78, 5) is 15.4. The highest BCUT2D eigenvalue weighted by atomic mass is 16.2. The van der Waals surface area contributed by atoms with E-state index in [-0.39, 0.29) is 5.91 Å². The van der Waals surface area contributed by atoms with Crippen LogP contribution in [0.15, 0.2) is 42.5 Å². The van der Waals surface area contributed by atoms with E-state index in [4.69, 9.17) is 0 Å². The lowest BCUT2D eigenvalue weighted by Gasteiger charge is -2.35. The molecule has 0 saturated carbocycles. The molecule has 0 saturated heterocycles. The van der Waals surface area contributed by atoms with Crippen molar-refractivity contribution in [3.05, 3.63) is 59.3 Å². The fourth-order valence-corrected chi connectivity index (χ4v) is 4.32. The number of aromatic nitrogens is 1. The zero-order valence-corrected chi connectivity index (χ0v) is 15.2. The van der Waals surface area contributed by atoms with Gasteiger partial charge in [-0.05, 0) is 37.7 Å². The molecule has 25 heavy (non-hydrogen) atoms. The first-order chi connectivity index (χ1) is 12.1. The summed E-state index contributed by atoms with van der Waals surface area (Å²) in [6.07, 6.45) is 9.83. The van der Waals surface area contributed by atoms with Crippen LogP contribution in [0, 0.1) is 6.92 Å². The SMILES string of the molecule is CNC(=O)C1(n2c3c(c4cc(C)ccc42)CN(C)CC3)C=CC=CC1. The number of aryl methyl sites for hydroxylation is 1. The van der Waals surface area contributed by atoms with Gasteiger partial charge in [-0.1, -0.05) is 29.9 Å². The Hall–Kier alpha value is -2.33. The summed E-state index contributed by atoms with van der Waals surface area (Å²) in [5, 5.41) is 4.19. The Morgan fingerprint density at radius 3 is 2.84 bits per heavy atom. The molecule has 1 aromatic carbocycles. The molecule has 130 valence electrons. The van der Waals surface area contributed by atoms with Crippen LogP contribution in [0.3, 0.4) is 0 Å². The lowest BCUT2D eigenvalue weighted by Crippen LogP contribution is -2.47. The van der Waals surface area contributed by atoms with Gasteiger partial charge in [0.05, 0.1) is 0 Å². The van der Waals surface area contributed by atoms with Gasteiger partial charge in [0.2, 0.25) is 5.91 Å². The molecule has 1 aliphatic carbocycles. The molecule has 1 N–H and O–H groups in total. The number of hydrogen-bond donors (Lipinski definition) is 1. The Balaban J connectivity index is 2.05. The van der Waals surface area contributed by atoms with Gasteiger partial charge in [0.25, 0.3) is 0 Å². The van der Waals surface area contributed by atoms with Crippen molar-refractivity contribution in [2.24, 2.45) is 0 Å². The maximum absolute atomic E-state index is 13.0. The molecule has 0 radical (unpaired) electrons. The first kappa shape index (κ1) is 16.2. The predicted octanol–water partition coefficient (Wildman–Crippen LogP) is 2.90. The summed E-state index contributed by atoms with van der Waals surface area (Å²) in [6, 6.07) is 6.59. The van der Waals surface area contributed by atoms with Crippen LogP contribution in [0.25, 0.3) is 10.9 Å². The fraction of sp³-hybridized carbons (Fsp3) is 0.381. The lowest BCUT2D eigenvalue weighted by molar-refractivity contribution is -0.127. The van der Waals surface area contributed by atoms with E-state index >= 15 is 0 Å². The molecule has 1 atom stereocenters. The largest absolute Gasteiger partial charge is 0.357 e. The summed E-state index contributed by atoms with van der Waals surface area (Å²) >= 11 is 0. The molecule has 0 fully saturated rings. The van der Waals surface area contributed by atoms with Crippen LogP contribution in [0.4, 0.5) is 0 Å². The minimum Gasteiger partial charge on any atom is -0.357 e. The van der Waals surface area contributed by atoms with E-state index < -0.39 is 5.54 Å². The number of nitrogens with zero attached hydrogens (tertiary/aromatic N) is 2. The molecule has 4 nitrogen and oxygen atoms in total. The standard InChI is InChI=1S/C21H25N3O/c1-15-7-8-18-16(13-15)17-14-23(3)12-9-19(17)24(18)21(20(25)22-2)10-5-4-6-11-21/h4-8,10,13H,9,11-12,14H2,1-3H3,(H,22,25). The second-order valence-corrected chi connectivity index (χ2v) is 7.26. The highest BCUT2D eigenvalue weighted by molar-refractivity contribution is 5.93. The van der Waals surface area contributed by atoms with Gasteiger partial charge in [0.1, 0.15) is 5.54 Å². The molecule has 2 heterocycles. The normalized spacial score (nSPS) is 23.0. The number of likely N-dealkylation sites (N-methyl/N-ethyl adjacent to an activating group) is 2. The van der Waals surface area contributed by atoms with E-state index in [0.717, 1.165) is 25.0 Å². The minimum absolute atomic E-state index is 0.0484. The Bertz CT molecular complexity index is 905. The number of carbonyl (C=O) groups is 1. The molecule has 1 unspecified atom stereocenters. The zero-order valence-electron chi connectivity index (χ0n) is 15.2. The van der Waals surface area contributed by atoms with Gasteiger partial charge in [-0.2, -0.15) is 0 Å². The van der Waals surface area contributed by atoms with Crippen LogP contribution >= 0.6 is 0 Å². The summed E-state index contributed by atoms with van der Waals surface area (Å²) in [5.41, 5.74) is 4.42. The van der Waals surface area contributed by atoms with Crippen LogP contribution in [-0.4, -0.2) is 36.0 Å². The molecular formula is C21H25N3O. The number of benzene rings is 1. The maximum Gasteiger partial charge on any atom is 0.250 e. The maximum atomic E-state index is 13.0. The smallest absolute Gasteiger partial charge is 0.250 e. The van der Waals surface area contributed by atoms with Crippen LogP contribution in [0.5, 0.6) is 0 Å². The lowest BCUT2D eigenvalue weighted by atomic mass is 9.88. The van der Waals surface area contributed by atoms with Crippen molar-refractivity contribution in [1.29, 1.82) is 0 Å². The van der Waals surface area contributed by atoms with Crippen LogP contribution in [0.2, 0.25) is 0 Å². The number of hydrogen-bond acceptors (Lipinski definition) is 2. The van der Waals surface area contributed by atoms with E-state index in [1.165, 1.54) is 22.2 Å². The van der Waals surface area contributed by atoms with Crippen molar-refractivity contribution < 1.29 is 4.79 Å². The van der Waals surface area contributed by atoms with E-state index in [1.807, 2.05) is 12.2 Å². The highest BCUT2D eigenvalue weighted by Gasteiger charge is 2.41. The molecule has 1 aromatic heterocycles. The first-order valence-electron chi connectivity index (χ1n) is 8.95. The third-order valence-electron chi connectivity index (χ3n) is 5.56. The second-order valence-electron chi connectivity index (χ2n) is 7.26. The van der Waals surface area contributed by atoms with Crippen molar-refractivity contribution in [2.75, 3.05) is 20.6 Å². The number of carbonyl (C=O) groups excluding carboxylic acids is 1. The quantitative estimate of drug-likeness (QED) is 0.916. The molecule has 0 spiro atoms. The van der Waals surface area contributed by atoms with Crippen molar-refractivity contribution in [3.8, 4) is 0 Å². The van der Waals surface area contributed by atoms with E-state index in [9.17, 15) is 4.79 Å². The topological polar surface area (TPSA) is 37.3 Å². The van der Waals surface area contributed by atoms with Crippen LogP contribution in [-0.2, 0) is 23.3 Å². The fourth-order valence-electron chi connectivity index (χ4n) is 4.32. The average Bonchev–Trinajstić information content (AvgIpc) is 2.95. The van der Waals surface area contributed by atoms with Crippen molar-refractivity contribution in [1.82, 2.24) is 14.8 Å². The van der Waals surface area contributed by atoms with E-state index in [0.29, 0.717) is 6.42 Å². The number of allylic oxidation sites excluding steroid dienone is 3. The van der Waals surface area contributed by atoms with Gasteiger partial charge in [-0.15, -0.1) is 0 Å². The molecule has 0 bridgehead atoms. The number of nitrogens with one attached hydrogen (secondary N) is 1. The van der Waals surface area contributed by atoms with Gasteiger partial charge in [0, 0.05) is 49.6 Å². The molecule has 1 amide bonds. The summed E-state index contributed by atoms with van der Waals surface area (Å²) in [6.45, 7) is 4.09. The van der Waals surface area contributed by atoms with Crippen LogP contribution < -0.4 is 5.32 Å². The van der Waals surface area contributed by atoms with Gasteiger partial charge in [-0.3, -0.25) is 4.79 Å². The zero-order chi connectivity index (χ0) is 17.6. The first-order valence-corrected chi connectivity index (χ1v) is 8.95. The molecule has 1 aliphatic heterocycles. The molecule has 2 aliphatic rings. The molecule has 4 heteroatoms. The summed E-state index contributed by atoms with van der Waals surface area (Å²) in [5.74, 6) is 0.0484. The van der Waals surface area contributed by atoms with Gasteiger partial charge >= 0.3 is 0 Å². The third kappa shape index (κ3) is 2.35. The molecular weight excluding hydrogens is 310 g/mol. The summed E-state index contributed by atoms with van der Waals surface area (Å²) in [7, 11) is 3.89. The molecule has 2 aromatic rings. The Morgan fingerprint density at radius 1 is 1.28 bits per heavy atom. The van der Waals surface area contributed by atoms with Crippen molar-refractivity contribution >= 4 is 16.8 Å². The third-order valence-corrected chi connectivity index (χ3v) is 5.56. The monoisotopic (exact) mass is 335 g/mol. The molecule has 4 rings (SSSR count). The second kappa shape index (κ2) is 5.88. The Kier molecular flexibility index (Phi) is 3.80. The van der Waals surface area contributed by atoms with Crippen molar-refractivity contribution in [2.45, 2.75) is 31.8 Å². The van der Waals surface area contributed by atoms with Gasteiger partial charge in [0.15, 0.2) is 0 Å². The van der Waals surface area contributed by atoms with Crippen molar-refractivity contribution in [3.63, 3.8) is 0 Å². The summed E-state index contributed by atoms with van der Waals surface area (Å²) < 4.78 is 2.31. The van der Waals surface area contributed by atoms with E-state index in [1.54, 1.807) is 7.05 Å². The number of fused-ring (bicyclic) bond motifs is 3. The van der Waals surface area contributed by atoms with Gasteiger partial charge < -0.3 is 14.8 Å². The number of rotatable bonds is 2. The Labute approximate surface area is 148 Å². The minimum atomic E-state index is -0.680. The number of amides is 1. The van der Waals surface area contributed by atoms with Crippen LogP contribution in [0.1, 0.15) is 23.2 Å². The highest BCUT2D eigenvalue weighted by Crippen LogP contribution is 2.39. The predicted molar refractivity (Wildman–Crippen MR) is 102 cm³/mol. The van der Waals surface area contributed by atoms with E-state index in [2.05, 4.69) is 59.1 Å². The average molecular weight is 335 g/mol. The van der Waals surface area contributed by atoms with Gasteiger partial charge in [-0.25, -0.2) is 0 Å².